The fourth-order valence-corrected chi connectivity index (χ4v) is 5.19. The van der Waals surface area contributed by atoms with Crippen LogP contribution in [0.15, 0.2) is 0 Å². The Labute approximate surface area is 193 Å². The van der Waals surface area contributed by atoms with E-state index in [-0.39, 0.29) is 36.3 Å². The fourth-order valence-electron chi connectivity index (χ4n) is 5.19. The van der Waals surface area contributed by atoms with Crippen LogP contribution in [-0.4, -0.2) is 66.0 Å². The van der Waals surface area contributed by atoms with Crippen LogP contribution in [0.1, 0.15) is 85.0 Å². The SMILES string of the molecule is CC(C)CCC(=O)N[C@@H](CC(=O)N1CCCC[C@@H]1C)C(=O)NCC1NC2CCCCC2N1. The summed E-state index contributed by atoms with van der Waals surface area (Å²) in [5.74, 6) is -0.0857. The smallest absolute Gasteiger partial charge is 0.243 e. The molecule has 2 unspecified atom stereocenters. The van der Waals surface area contributed by atoms with Gasteiger partial charge >= 0.3 is 0 Å². The summed E-state index contributed by atoms with van der Waals surface area (Å²) >= 11 is 0. The van der Waals surface area contributed by atoms with E-state index in [0.717, 1.165) is 32.2 Å². The average Bonchev–Trinajstić information content (AvgIpc) is 3.19. The van der Waals surface area contributed by atoms with Crippen molar-refractivity contribution in [1.82, 2.24) is 26.2 Å². The van der Waals surface area contributed by atoms with Crippen LogP contribution in [0.5, 0.6) is 0 Å². The maximum atomic E-state index is 13.0. The quantitative estimate of drug-likeness (QED) is 0.429. The molecule has 0 bridgehead atoms. The zero-order chi connectivity index (χ0) is 23.1. The number of nitrogens with zero attached hydrogens (tertiary/aromatic N) is 1. The van der Waals surface area contributed by atoms with Crippen molar-refractivity contribution < 1.29 is 14.4 Å². The van der Waals surface area contributed by atoms with Crippen LogP contribution in [0.4, 0.5) is 0 Å². The van der Waals surface area contributed by atoms with Gasteiger partial charge in [-0.2, -0.15) is 0 Å². The molecule has 8 nitrogen and oxygen atoms in total. The molecule has 0 radical (unpaired) electrons. The van der Waals surface area contributed by atoms with Crippen LogP contribution in [0, 0.1) is 5.92 Å². The number of likely N-dealkylation sites (tertiary alicyclic amines) is 1. The van der Waals surface area contributed by atoms with Crippen LogP contribution < -0.4 is 21.3 Å². The van der Waals surface area contributed by atoms with Gasteiger partial charge in [0.1, 0.15) is 6.04 Å². The maximum Gasteiger partial charge on any atom is 0.243 e. The second-order valence-electron chi connectivity index (χ2n) is 10.3. The molecule has 4 atom stereocenters. The number of carbonyl (C=O) groups is 3. The minimum atomic E-state index is -0.833. The van der Waals surface area contributed by atoms with Gasteiger partial charge in [-0.3, -0.25) is 25.0 Å². The lowest BCUT2D eigenvalue weighted by molar-refractivity contribution is -0.138. The van der Waals surface area contributed by atoms with Crippen molar-refractivity contribution in [2.24, 2.45) is 5.92 Å². The number of hydrogen-bond acceptors (Lipinski definition) is 5. The lowest BCUT2D eigenvalue weighted by Crippen LogP contribution is -2.53. The van der Waals surface area contributed by atoms with Gasteiger partial charge in [0.05, 0.1) is 12.6 Å². The first-order chi connectivity index (χ1) is 15.3. The lowest BCUT2D eigenvalue weighted by atomic mass is 9.92. The number of amides is 3. The van der Waals surface area contributed by atoms with E-state index in [0.29, 0.717) is 31.0 Å². The first-order valence-corrected chi connectivity index (χ1v) is 12.7. The third kappa shape index (κ3) is 7.17. The van der Waals surface area contributed by atoms with Gasteiger partial charge in [-0.05, 0) is 51.4 Å². The summed E-state index contributed by atoms with van der Waals surface area (Å²) in [7, 11) is 0. The van der Waals surface area contributed by atoms with Crippen LogP contribution >= 0.6 is 0 Å². The molecule has 0 aromatic rings. The Morgan fingerprint density at radius 2 is 1.66 bits per heavy atom. The van der Waals surface area contributed by atoms with Crippen molar-refractivity contribution in [3.63, 3.8) is 0 Å². The minimum Gasteiger partial charge on any atom is -0.351 e. The largest absolute Gasteiger partial charge is 0.351 e. The van der Waals surface area contributed by atoms with Gasteiger partial charge in [-0.1, -0.05) is 26.7 Å². The zero-order valence-electron chi connectivity index (χ0n) is 20.1. The summed E-state index contributed by atoms with van der Waals surface area (Å²) in [6.45, 7) is 7.37. The van der Waals surface area contributed by atoms with Gasteiger partial charge in [0, 0.05) is 37.6 Å². The highest BCUT2D eigenvalue weighted by molar-refractivity contribution is 5.92. The summed E-state index contributed by atoms with van der Waals surface area (Å²) in [6, 6.07) is 0.297. The van der Waals surface area contributed by atoms with Crippen LogP contribution in [0.3, 0.4) is 0 Å². The van der Waals surface area contributed by atoms with Gasteiger partial charge in [-0.25, -0.2) is 0 Å². The first kappa shape index (κ1) is 25.0. The van der Waals surface area contributed by atoms with E-state index in [1.54, 1.807) is 0 Å². The predicted octanol–water partition coefficient (Wildman–Crippen LogP) is 1.64. The summed E-state index contributed by atoms with van der Waals surface area (Å²) in [5.41, 5.74) is 0. The summed E-state index contributed by atoms with van der Waals surface area (Å²) in [4.78, 5) is 40.4. The van der Waals surface area contributed by atoms with E-state index < -0.39 is 6.04 Å². The van der Waals surface area contributed by atoms with Crippen molar-refractivity contribution >= 4 is 17.7 Å². The van der Waals surface area contributed by atoms with Crippen LogP contribution in [0.2, 0.25) is 0 Å². The third-order valence-corrected chi connectivity index (χ3v) is 7.18. The molecule has 0 aromatic heterocycles. The van der Waals surface area contributed by atoms with Crippen molar-refractivity contribution in [3.05, 3.63) is 0 Å². The Hall–Kier alpha value is -1.67. The third-order valence-electron chi connectivity index (χ3n) is 7.18. The predicted molar refractivity (Wildman–Crippen MR) is 125 cm³/mol. The molecule has 8 heteroatoms. The Bertz CT molecular complexity index is 642. The normalized spacial score (nSPS) is 28.8. The molecule has 2 heterocycles. The summed E-state index contributed by atoms with van der Waals surface area (Å²) in [5, 5.41) is 13.0. The van der Waals surface area contributed by atoms with Crippen molar-refractivity contribution in [2.45, 2.75) is 115 Å². The number of nitrogens with one attached hydrogen (secondary N) is 4. The molecule has 0 spiro atoms. The van der Waals surface area contributed by atoms with E-state index >= 15 is 0 Å². The van der Waals surface area contributed by atoms with E-state index in [9.17, 15) is 14.4 Å². The highest BCUT2D eigenvalue weighted by Gasteiger charge is 2.35. The Kier molecular flexibility index (Phi) is 9.34. The number of carbonyl (C=O) groups excluding carboxylic acids is 3. The zero-order valence-corrected chi connectivity index (χ0v) is 20.1. The summed E-state index contributed by atoms with van der Waals surface area (Å²) < 4.78 is 0. The highest BCUT2D eigenvalue weighted by Crippen LogP contribution is 2.22. The summed E-state index contributed by atoms with van der Waals surface area (Å²) in [6.07, 6.45) is 9.11. The minimum absolute atomic E-state index is 0.0143. The molecule has 3 aliphatic rings. The van der Waals surface area contributed by atoms with Gasteiger partial charge in [-0.15, -0.1) is 0 Å². The van der Waals surface area contributed by atoms with E-state index in [2.05, 4.69) is 42.0 Å². The maximum absolute atomic E-state index is 13.0. The molecule has 0 aromatic carbocycles. The topological polar surface area (TPSA) is 103 Å². The van der Waals surface area contributed by atoms with E-state index in [1.807, 2.05) is 4.90 Å². The lowest BCUT2D eigenvalue weighted by Gasteiger charge is -2.34. The molecular weight excluding hydrogens is 406 g/mol. The molecule has 3 rings (SSSR count). The van der Waals surface area contributed by atoms with Crippen molar-refractivity contribution in [1.29, 1.82) is 0 Å². The Morgan fingerprint density at radius 1 is 1.00 bits per heavy atom. The van der Waals surface area contributed by atoms with Crippen LogP contribution in [0.25, 0.3) is 0 Å². The molecule has 3 fully saturated rings. The second-order valence-corrected chi connectivity index (χ2v) is 10.3. The Morgan fingerprint density at radius 3 is 2.28 bits per heavy atom. The Balaban J connectivity index is 1.55. The van der Waals surface area contributed by atoms with Gasteiger partial charge in [0.15, 0.2) is 0 Å². The van der Waals surface area contributed by atoms with Gasteiger partial charge in [0.25, 0.3) is 0 Å². The molecule has 2 aliphatic heterocycles. The molecule has 1 aliphatic carbocycles. The van der Waals surface area contributed by atoms with E-state index in [4.69, 9.17) is 0 Å². The fraction of sp³-hybridized carbons (Fsp3) is 0.875. The van der Waals surface area contributed by atoms with Gasteiger partial charge in [0.2, 0.25) is 17.7 Å². The van der Waals surface area contributed by atoms with Crippen LogP contribution in [-0.2, 0) is 14.4 Å². The molecule has 3 amide bonds. The highest BCUT2D eigenvalue weighted by atomic mass is 16.2. The van der Waals surface area contributed by atoms with Crippen molar-refractivity contribution in [2.75, 3.05) is 13.1 Å². The van der Waals surface area contributed by atoms with Crippen molar-refractivity contribution in [3.8, 4) is 0 Å². The van der Waals surface area contributed by atoms with Gasteiger partial charge < -0.3 is 15.5 Å². The molecule has 2 saturated heterocycles. The number of fused-ring (bicyclic) bond motifs is 1. The molecule has 182 valence electrons. The molecule has 32 heavy (non-hydrogen) atoms. The number of rotatable bonds is 9. The number of hydrogen-bond donors (Lipinski definition) is 4. The number of piperidine rings is 1. The standard InChI is InChI=1S/C24H43N5O3/c1-16(2)11-12-22(30)28-20(14-23(31)29-13-7-6-8-17(29)3)24(32)25-15-21-26-18-9-4-5-10-19(18)27-21/h16-21,26-27H,4-15H2,1-3H3,(H,25,32)(H,28,30)/t17-,18?,19?,20-,21?/m0/s1. The second kappa shape index (κ2) is 12.0. The monoisotopic (exact) mass is 449 g/mol. The van der Waals surface area contributed by atoms with E-state index in [1.165, 1.54) is 25.7 Å². The average molecular weight is 450 g/mol. The molecular formula is C24H43N5O3. The first-order valence-electron chi connectivity index (χ1n) is 12.7. The molecule has 4 N–H and O–H groups in total. The molecule has 1 saturated carbocycles.